The van der Waals surface area contributed by atoms with Gasteiger partial charge in [0.25, 0.3) is 0 Å². The number of carbonyl (C=O) groups excluding carboxylic acids is 2. The minimum atomic E-state index is -3.51. The molecule has 0 spiro atoms. The Hall–Kier alpha value is -2.98. The molecule has 0 amide bonds. The van der Waals surface area contributed by atoms with Crippen LogP contribution in [0.4, 0.5) is 5.69 Å². The lowest BCUT2D eigenvalue weighted by Crippen LogP contribution is -2.26. The molecule has 1 aromatic heterocycles. The molecule has 3 rings (SSSR count). The number of hydrogen-bond acceptors (Lipinski definition) is 9. The van der Waals surface area contributed by atoms with Crippen LogP contribution in [0.3, 0.4) is 0 Å². The number of benzene rings is 1. The largest absolute Gasteiger partial charge is 0.465 e. The summed E-state index contributed by atoms with van der Waals surface area (Å²) < 4.78 is 35.3. The van der Waals surface area contributed by atoms with Crippen LogP contribution in [-0.2, 0) is 28.9 Å². The number of sulfone groups is 1. The lowest BCUT2D eigenvalue weighted by atomic mass is 10.1. The Kier molecular flexibility index (Phi) is 6.09. The number of fused-ring (bicyclic) bond motifs is 1. The average Bonchev–Trinajstić information content (AvgIpc) is 3.04. The van der Waals surface area contributed by atoms with E-state index in [2.05, 4.69) is 4.98 Å². The molecule has 0 radical (unpaired) electrons. The van der Waals surface area contributed by atoms with E-state index in [-0.39, 0.29) is 15.6 Å². The van der Waals surface area contributed by atoms with Gasteiger partial charge in [-0.1, -0.05) is 6.08 Å². The second-order valence-electron chi connectivity index (χ2n) is 6.54. The van der Waals surface area contributed by atoms with Crippen molar-refractivity contribution in [1.82, 2.24) is 4.98 Å². The van der Waals surface area contributed by atoms with Crippen LogP contribution in [0.2, 0.25) is 0 Å². The molecule has 8 nitrogen and oxygen atoms in total. The van der Waals surface area contributed by atoms with Crippen LogP contribution in [0.5, 0.6) is 0 Å². The fourth-order valence-corrected chi connectivity index (χ4v) is 5.40. The summed E-state index contributed by atoms with van der Waals surface area (Å²) in [5.41, 5.74) is 1.06. The molecular weight excluding hydrogens is 428 g/mol. The highest BCUT2D eigenvalue weighted by atomic mass is 32.2. The van der Waals surface area contributed by atoms with Gasteiger partial charge in [0, 0.05) is 11.9 Å². The van der Waals surface area contributed by atoms with Gasteiger partial charge in [-0.15, -0.1) is 11.3 Å². The quantitative estimate of drug-likeness (QED) is 0.643. The van der Waals surface area contributed by atoms with Crippen molar-refractivity contribution in [1.29, 1.82) is 0 Å². The first kappa shape index (κ1) is 21.7. The van der Waals surface area contributed by atoms with Gasteiger partial charge in [0.2, 0.25) is 14.2 Å². The Labute approximate surface area is 178 Å². The number of methoxy groups -OCH3 is 2. The van der Waals surface area contributed by atoms with Gasteiger partial charge in [0.05, 0.1) is 35.3 Å². The first-order valence-electron chi connectivity index (χ1n) is 8.90. The van der Waals surface area contributed by atoms with Gasteiger partial charge in [-0.25, -0.2) is 23.0 Å². The van der Waals surface area contributed by atoms with Gasteiger partial charge >= 0.3 is 11.9 Å². The van der Waals surface area contributed by atoms with Gasteiger partial charge in [-0.2, -0.15) is 0 Å². The Bertz CT molecular complexity index is 1210. The smallest absolute Gasteiger partial charge is 0.355 e. The van der Waals surface area contributed by atoms with Crippen molar-refractivity contribution in [3.05, 3.63) is 53.9 Å². The average molecular weight is 449 g/mol. The molecule has 0 atom stereocenters. The topological polar surface area (TPSA) is 103 Å². The molecule has 1 aliphatic heterocycles. The van der Waals surface area contributed by atoms with Crippen molar-refractivity contribution < 1.29 is 27.5 Å². The fraction of sp³-hybridized carbons (Fsp3) is 0.250. The van der Waals surface area contributed by atoms with Gasteiger partial charge in [0.15, 0.2) is 0 Å². The number of esters is 2. The van der Waals surface area contributed by atoms with Gasteiger partial charge < -0.3 is 14.4 Å². The summed E-state index contributed by atoms with van der Waals surface area (Å²) in [6.07, 6.45) is 6.33. The molecule has 1 aliphatic rings. The molecule has 1 aromatic carbocycles. The number of rotatable bonds is 5. The van der Waals surface area contributed by atoms with E-state index >= 15 is 0 Å². The minimum Gasteiger partial charge on any atom is -0.465 e. The van der Waals surface area contributed by atoms with Crippen LogP contribution >= 0.6 is 11.3 Å². The van der Waals surface area contributed by atoms with E-state index in [1.54, 1.807) is 50.4 Å². The van der Waals surface area contributed by atoms with Gasteiger partial charge in [-0.05, 0) is 44.2 Å². The van der Waals surface area contributed by atoms with Crippen molar-refractivity contribution in [2.45, 2.75) is 23.4 Å². The zero-order valence-electron chi connectivity index (χ0n) is 16.8. The number of allylic oxidation sites excluding steroid dienone is 2. The summed E-state index contributed by atoms with van der Waals surface area (Å²) in [6, 6.07) is 5.06. The van der Waals surface area contributed by atoms with Crippen LogP contribution < -0.4 is 4.90 Å². The molecular formula is C20H20N2O6S2. The van der Waals surface area contributed by atoms with E-state index in [0.29, 0.717) is 15.9 Å². The van der Waals surface area contributed by atoms with Crippen molar-refractivity contribution in [2.75, 3.05) is 19.1 Å². The predicted octanol–water partition coefficient (Wildman–Crippen LogP) is 2.97. The number of carbonyl (C=O) groups is 2. The van der Waals surface area contributed by atoms with Gasteiger partial charge in [0.1, 0.15) is 5.70 Å². The molecule has 30 heavy (non-hydrogen) atoms. The number of nitrogens with zero attached hydrogens (tertiary/aromatic N) is 2. The molecule has 158 valence electrons. The van der Waals surface area contributed by atoms with Crippen molar-refractivity contribution in [3.8, 4) is 0 Å². The summed E-state index contributed by atoms with van der Waals surface area (Å²) in [4.78, 5) is 30.5. The zero-order valence-corrected chi connectivity index (χ0v) is 18.4. The Morgan fingerprint density at radius 3 is 2.43 bits per heavy atom. The van der Waals surface area contributed by atoms with E-state index in [1.807, 2.05) is 0 Å². The predicted molar refractivity (Wildman–Crippen MR) is 114 cm³/mol. The second-order valence-corrected chi connectivity index (χ2v) is 10.3. The second kappa shape index (κ2) is 8.41. The zero-order chi connectivity index (χ0) is 22.1. The SMILES string of the molecule is COC(=O)C1=C(C(=O)OC)N(c2ccc3nc(S(=O)(=O)C(C)C)sc3c2)C=CC=C1. The molecule has 2 aromatic rings. The van der Waals surface area contributed by atoms with Crippen molar-refractivity contribution in [3.63, 3.8) is 0 Å². The fourth-order valence-electron chi connectivity index (χ4n) is 2.73. The highest BCUT2D eigenvalue weighted by Crippen LogP contribution is 2.33. The number of aromatic nitrogens is 1. The Morgan fingerprint density at radius 2 is 1.80 bits per heavy atom. The van der Waals surface area contributed by atoms with Crippen LogP contribution in [0.1, 0.15) is 13.8 Å². The lowest BCUT2D eigenvalue weighted by molar-refractivity contribution is -0.139. The number of ether oxygens (including phenoxy) is 2. The lowest BCUT2D eigenvalue weighted by Gasteiger charge is -2.23. The van der Waals surface area contributed by atoms with E-state index in [1.165, 1.54) is 25.2 Å². The maximum absolute atomic E-state index is 12.5. The number of anilines is 1. The third-order valence-corrected chi connectivity index (χ3v) is 7.96. The van der Waals surface area contributed by atoms with Crippen LogP contribution in [0.25, 0.3) is 10.2 Å². The molecule has 0 saturated carbocycles. The molecule has 0 unspecified atom stereocenters. The summed E-state index contributed by atoms with van der Waals surface area (Å²) in [7, 11) is -1.07. The maximum Gasteiger partial charge on any atom is 0.355 e. The van der Waals surface area contributed by atoms with Crippen LogP contribution in [-0.4, -0.2) is 44.8 Å². The van der Waals surface area contributed by atoms with Crippen molar-refractivity contribution >= 4 is 49.0 Å². The molecule has 10 heteroatoms. The third-order valence-electron chi connectivity index (χ3n) is 4.38. The molecule has 0 fully saturated rings. The van der Waals surface area contributed by atoms with Crippen molar-refractivity contribution in [2.24, 2.45) is 0 Å². The molecule has 2 heterocycles. The number of thiazole rings is 1. The normalized spacial score (nSPS) is 14.4. The van der Waals surface area contributed by atoms with Crippen LogP contribution in [0, 0.1) is 0 Å². The van der Waals surface area contributed by atoms with E-state index in [0.717, 1.165) is 11.3 Å². The summed E-state index contributed by atoms with van der Waals surface area (Å²) in [5, 5.41) is -0.589. The maximum atomic E-state index is 12.5. The van der Waals surface area contributed by atoms with E-state index in [9.17, 15) is 18.0 Å². The monoisotopic (exact) mass is 448 g/mol. The number of hydrogen-bond donors (Lipinski definition) is 0. The summed E-state index contributed by atoms with van der Waals surface area (Å²) >= 11 is 1.05. The molecule has 0 saturated heterocycles. The summed E-state index contributed by atoms with van der Waals surface area (Å²) in [5.74, 6) is -1.41. The Morgan fingerprint density at radius 1 is 1.10 bits per heavy atom. The first-order valence-corrected chi connectivity index (χ1v) is 11.3. The van der Waals surface area contributed by atoms with Gasteiger partial charge in [-0.3, -0.25) is 0 Å². The molecule has 0 aliphatic carbocycles. The van der Waals surface area contributed by atoms with Crippen LogP contribution in [0.15, 0.2) is 58.2 Å². The first-order chi connectivity index (χ1) is 14.2. The van der Waals surface area contributed by atoms with E-state index in [4.69, 9.17) is 9.47 Å². The standard InChI is InChI=1S/C20H20N2O6S2/c1-12(2)30(25,26)20-21-15-9-8-13(11-16(15)29-20)22-10-6-5-7-14(18(23)27-3)17(22)19(24)28-4/h5-12H,1-4H3. The summed E-state index contributed by atoms with van der Waals surface area (Å²) in [6.45, 7) is 3.20. The van der Waals surface area contributed by atoms with E-state index < -0.39 is 27.0 Å². The highest BCUT2D eigenvalue weighted by molar-refractivity contribution is 7.94. The highest BCUT2D eigenvalue weighted by Gasteiger charge is 2.28. The third kappa shape index (κ3) is 3.88. The molecule has 0 N–H and O–H groups in total. The molecule has 0 bridgehead atoms. The Balaban J connectivity index is 2.17. The minimum absolute atomic E-state index is 0.0201.